The number of hydrogen-bond donors (Lipinski definition) is 0. The zero-order chi connectivity index (χ0) is 25.0. The Balaban J connectivity index is 1.43. The lowest BCUT2D eigenvalue weighted by molar-refractivity contribution is -0.126. The summed E-state index contributed by atoms with van der Waals surface area (Å²) >= 11 is 7.48. The number of ether oxygens (including phenoxy) is 1. The van der Waals surface area contributed by atoms with Crippen molar-refractivity contribution in [2.45, 2.75) is 37.8 Å². The Morgan fingerprint density at radius 2 is 1.78 bits per heavy atom. The van der Waals surface area contributed by atoms with E-state index in [4.69, 9.17) is 21.2 Å². The SMILES string of the molecule is COc1ccc([C@H]2[C@H]3C(=O)N(c4sc5c(c4C#N)CCCC5)C(=O)[C@@H]3ON2c2ccc(Cl)cc2)cc1. The van der Waals surface area contributed by atoms with Crippen molar-refractivity contribution >= 4 is 45.4 Å². The number of nitrogens with zero attached hydrogens (tertiary/aromatic N) is 3. The van der Waals surface area contributed by atoms with E-state index in [1.54, 1.807) is 36.4 Å². The number of nitriles is 1. The van der Waals surface area contributed by atoms with Crippen LogP contribution < -0.4 is 14.7 Å². The Morgan fingerprint density at radius 1 is 1.06 bits per heavy atom. The molecule has 36 heavy (non-hydrogen) atoms. The van der Waals surface area contributed by atoms with E-state index in [2.05, 4.69) is 6.07 Å². The summed E-state index contributed by atoms with van der Waals surface area (Å²) in [6.07, 6.45) is 2.72. The molecule has 1 aromatic heterocycles. The van der Waals surface area contributed by atoms with Crippen LogP contribution in [0.1, 0.15) is 40.5 Å². The van der Waals surface area contributed by atoms with Crippen LogP contribution in [0.25, 0.3) is 0 Å². The molecule has 3 aromatic rings. The van der Waals surface area contributed by atoms with Gasteiger partial charge in [0.2, 0.25) is 5.91 Å². The molecule has 3 aliphatic rings. The Kier molecular flexibility index (Phi) is 5.72. The Bertz CT molecular complexity index is 1400. The van der Waals surface area contributed by atoms with E-state index < -0.39 is 24.0 Å². The summed E-state index contributed by atoms with van der Waals surface area (Å²) in [7, 11) is 1.59. The second-order valence-corrected chi connectivity index (χ2v) is 10.6. The first kappa shape index (κ1) is 23.0. The first-order valence-electron chi connectivity index (χ1n) is 11.8. The second-order valence-electron chi connectivity index (χ2n) is 9.09. The van der Waals surface area contributed by atoms with Gasteiger partial charge in [0.25, 0.3) is 5.91 Å². The molecule has 2 aromatic carbocycles. The molecule has 0 bridgehead atoms. The van der Waals surface area contributed by atoms with Gasteiger partial charge in [-0.25, -0.2) is 9.96 Å². The molecule has 2 saturated heterocycles. The largest absolute Gasteiger partial charge is 0.497 e. The van der Waals surface area contributed by atoms with Crippen molar-refractivity contribution in [2.75, 3.05) is 17.1 Å². The number of anilines is 2. The molecule has 0 N–H and O–H groups in total. The van der Waals surface area contributed by atoms with E-state index in [1.807, 2.05) is 24.3 Å². The second kappa shape index (κ2) is 8.93. The fourth-order valence-electron chi connectivity index (χ4n) is 5.39. The molecule has 182 valence electrons. The molecule has 7 nitrogen and oxygen atoms in total. The molecular weight excluding hydrogens is 498 g/mol. The number of halogens is 1. The van der Waals surface area contributed by atoms with E-state index >= 15 is 0 Å². The van der Waals surface area contributed by atoms with Crippen molar-refractivity contribution in [3.05, 3.63) is 75.1 Å². The molecule has 0 spiro atoms. The van der Waals surface area contributed by atoms with Gasteiger partial charge in [-0.2, -0.15) is 5.26 Å². The van der Waals surface area contributed by atoms with Gasteiger partial charge in [0.05, 0.1) is 24.4 Å². The van der Waals surface area contributed by atoms with Crippen LogP contribution in [0.5, 0.6) is 5.75 Å². The number of rotatable bonds is 4. The van der Waals surface area contributed by atoms with Crippen molar-refractivity contribution in [3.63, 3.8) is 0 Å². The van der Waals surface area contributed by atoms with Crippen LogP contribution in [0, 0.1) is 17.2 Å². The number of fused-ring (bicyclic) bond motifs is 2. The normalized spacial score (nSPS) is 23.0. The predicted molar refractivity (Wildman–Crippen MR) is 136 cm³/mol. The summed E-state index contributed by atoms with van der Waals surface area (Å²) < 4.78 is 5.30. The molecule has 0 unspecified atom stereocenters. The number of hydrogen-bond acceptors (Lipinski definition) is 7. The summed E-state index contributed by atoms with van der Waals surface area (Å²) in [5, 5.41) is 12.6. The lowest BCUT2D eigenvalue weighted by Crippen LogP contribution is -2.37. The minimum absolute atomic E-state index is 0.350. The number of thiophene rings is 1. The van der Waals surface area contributed by atoms with Crippen LogP contribution in [-0.4, -0.2) is 25.0 Å². The van der Waals surface area contributed by atoms with Gasteiger partial charge in [0.15, 0.2) is 6.10 Å². The van der Waals surface area contributed by atoms with E-state index in [1.165, 1.54) is 16.2 Å². The number of benzene rings is 2. The number of carbonyl (C=O) groups is 2. The maximum absolute atomic E-state index is 14.0. The monoisotopic (exact) mass is 519 g/mol. The topological polar surface area (TPSA) is 82.9 Å². The van der Waals surface area contributed by atoms with Crippen molar-refractivity contribution in [1.29, 1.82) is 5.26 Å². The zero-order valence-corrected chi connectivity index (χ0v) is 21.0. The standard InChI is InChI=1S/C27H22ClN3O4S/c1-34-18-12-6-15(7-13-18)23-22-24(35-31(23)17-10-8-16(28)9-11-17)26(33)30(25(22)32)27-20(14-29)19-4-2-3-5-21(19)36-27/h6-13,22-24H,2-5H2,1H3/t22-,23+,24-/m1/s1. The smallest absolute Gasteiger partial charge is 0.267 e. The van der Waals surface area contributed by atoms with Gasteiger partial charge in [-0.15, -0.1) is 11.3 Å². The van der Waals surface area contributed by atoms with Crippen LogP contribution in [0.3, 0.4) is 0 Å². The molecule has 0 radical (unpaired) electrons. The van der Waals surface area contributed by atoms with Gasteiger partial charge in [0, 0.05) is 9.90 Å². The van der Waals surface area contributed by atoms with Crippen molar-refractivity contribution in [1.82, 2.24) is 0 Å². The molecule has 2 aliphatic heterocycles. The Labute approximate surface area is 217 Å². The van der Waals surface area contributed by atoms with Crippen molar-refractivity contribution in [2.24, 2.45) is 5.92 Å². The minimum Gasteiger partial charge on any atom is -0.497 e. The summed E-state index contributed by atoms with van der Waals surface area (Å²) in [5.41, 5.74) is 2.93. The first-order valence-corrected chi connectivity index (χ1v) is 13.0. The van der Waals surface area contributed by atoms with Crippen LogP contribution in [-0.2, 0) is 27.3 Å². The third-order valence-electron chi connectivity index (χ3n) is 7.12. The van der Waals surface area contributed by atoms with Gasteiger partial charge >= 0.3 is 0 Å². The summed E-state index contributed by atoms with van der Waals surface area (Å²) in [5.74, 6) is -0.870. The molecule has 9 heteroatoms. The van der Waals surface area contributed by atoms with E-state index in [0.29, 0.717) is 27.0 Å². The maximum Gasteiger partial charge on any atom is 0.267 e. The highest BCUT2D eigenvalue weighted by Crippen LogP contribution is 2.50. The van der Waals surface area contributed by atoms with E-state index in [0.717, 1.165) is 41.7 Å². The van der Waals surface area contributed by atoms with Gasteiger partial charge in [-0.1, -0.05) is 23.7 Å². The van der Waals surface area contributed by atoms with E-state index in [9.17, 15) is 14.9 Å². The fourth-order valence-corrected chi connectivity index (χ4v) is 6.87. The molecular formula is C27H22ClN3O4S. The highest BCUT2D eigenvalue weighted by atomic mass is 35.5. The highest BCUT2D eigenvalue weighted by Gasteiger charge is 2.61. The lowest BCUT2D eigenvalue weighted by Gasteiger charge is -2.28. The number of imide groups is 1. The predicted octanol–water partition coefficient (Wildman–Crippen LogP) is 5.21. The third kappa shape index (κ3) is 3.50. The van der Waals surface area contributed by atoms with Crippen LogP contribution in [0.2, 0.25) is 5.02 Å². The molecule has 2 amide bonds. The molecule has 3 heterocycles. The highest BCUT2D eigenvalue weighted by molar-refractivity contribution is 7.17. The maximum atomic E-state index is 14.0. The third-order valence-corrected chi connectivity index (χ3v) is 8.65. The number of methoxy groups -OCH3 is 1. The summed E-state index contributed by atoms with van der Waals surface area (Å²) in [6, 6.07) is 16.2. The lowest BCUT2D eigenvalue weighted by atomic mass is 9.90. The zero-order valence-electron chi connectivity index (χ0n) is 19.4. The molecule has 1 aliphatic carbocycles. The van der Waals surface area contributed by atoms with Gasteiger partial charge in [-0.05, 0) is 73.2 Å². The molecule has 3 atom stereocenters. The quantitative estimate of drug-likeness (QED) is 0.440. The minimum atomic E-state index is -0.994. The summed E-state index contributed by atoms with van der Waals surface area (Å²) in [6.45, 7) is 0. The summed E-state index contributed by atoms with van der Waals surface area (Å²) in [4.78, 5) is 36.2. The van der Waals surface area contributed by atoms with Crippen molar-refractivity contribution < 1.29 is 19.2 Å². The van der Waals surface area contributed by atoms with Crippen LogP contribution in [0.4, 0.5) is 10.7 Å². The van der Waals surface area contributed by atoms with Gasteiger partial charge in [0.1, 0.15) is 22.7 Å². The average molecular weight is 520 g/mol. The number of hydroxylamine groups is 1. The average Bonchev–Trinajstić information content (AvgIpc) is 3.54. The number of aryl methyl sites for hydroxylation is 1. The molecule has 6 rings (SSSR count). The molecule has 2 fully saturated rings. The van der Waals surface area contributed by atoms with Crippen LogP contribution >= 0.6 is 22.9 Å². The fraction of sp³-hybridized carbons (Fsp3) is 0.296. The number of amides is 2. The first-order chi connectivity index (χ1) is 17.5. The van der Waals surface area contributed by atoms with Gasteiger partial charge in [-0.3, -0.25) is 14.4 Å². The Hall–Kier alpha value is -3.38. The van der Waals surface area contributed by atoms with Crippen LogP contribution in [0.15, 0.2) is 48.5 Å². The Morgan fingerprint density at radius 3 is 2.47 bits per heavy atom. The van der Waals surface area contributed by atoms with Crippen molar-refractivity contribution in [3.8, 4) is 11.8 Å². The molecule has 0 saturated carbocycles. The van der Waals surface area contributed by atoms with E-state index in [-0.39, 0.29) is 5.91 Å². The number of carbonyl (C=O) groups excluding carboxylic acids is 2. The van der Waals surface area contributed by atoms with Gasteiger partial charge < -0.3 is 4.74 Å².